The van der Waals surface area contributed by atoms with Crippen molar-refractivity contribution in [2.45, 2.75) is 28.7 Å². The molecule has 204 valence electrons. The zero-order chi connectivity index (χ0) is 27.8. The van der Waals surface area contributed by atoms with Crippen molar-refractivity contribution in [2.75, 3.05) is 31.1 Å². The number of likely N-dealkylation sites (tertiary alicyclic amines) is 1. The van der Waals surface area contributed by atoms with Gasteiger partial charge in [-0.25, -0.2) is 4.98 Å². The van der Waals surface area contributed by atoms with Gasteiger partial charge < -0.3 is 4.90 Å². The summed E-state index contributed by atoms with van der Waals surface area (Å²) in [5, 5.41) is 1.20. The number of fused-ring (bicyclic) bond motifs is 2. The summed E-state index contributed by atoms with van der Waals surface area (Å²) in [4.78, 5) is 21.5. The first-order chi connectivity index (χ1) is 18.5. The van der Waals surface area contributed by atoms with Crippen LogP contribution in [-0.2, 0) is 5.41 Å². The Kier molecular flexibility index (Phi) is 8.23. The first-order valence-electron chi connectivity index (χ1n) is 12.2. The fourth-order valence-electron chi connectivity index (χ4n) is 5.26. The van der Waals surface area contributed by atoms with Crippen LogP contribution in [0.15, 0.2) is 65.7 Å². The lowest BCUT2D eigenvalue weighted by molar-refractivity contribution is -0.0328. The van der Waals surface area contributed by atoms with Crippen LogP contribution >= 0.6 is 46.6 Å². The summed E-state index contributed by atoms with van der Waals surface area (Å²) >= 11 is 18.0. The molecular formula is C28H23Cl3F3N3OS. The van der Waals surface area contributed by atoms with Crippen LogP contribution in [-0.4, -0.2) is 47.5 Å². The smallest absolute Gasteiger partial charge is 0.307 e. The number of anilines is 1. The van der Waals surface area contributed by atoms with E-state index < -0.39 is 10.9 Å². The highest BCUT2D eigenvalue weighted by atomic mass is 35.5. The van der Waals surface area contributed by atoms with Crippen LogP contribution in [0.5, 0.6) is 0 Å². The normalized spacial score (nSPS) is 17.2. The summed E-state index contributed by atoms with van der Waals surface area (Å²) in [7, 11) is 0. The topological polar surface area (TPSA) is 36.4 Å². The molecule has 0 bridgehead atoms. The Morgan fingerprint density at radius 2 is 1.79 bits per heavy atom. The number of carbonyl (C=O) groups is 1. The molecule has 1 aromatic heterocycles. The van der Waals surface area contributed by atoms with Crippen LogP contribution < -0.4 is 4.90 Å². The number of rotatable bonds is 5. The largest absolute Gasteiger partial charge is 0.446 e. The van der Waals surface area contributed by atoms with E-state index in [9.17, 15) is 18.0 Å². The standard InChI is InChI=1S/C28H23Cl3F3N3OS/c29-22-5-3-18(14-23(22)30)2-1-11-36-12-8-27(9-13-36)17-37(26(38)19-7-10-35-25(31)15-19)24-6-4-20(16-21(24)27)39-28(32,33)34/h1-7,10,14-16H,8-9,11-13,17H2. The molecule has 2 aromatic carbocycles. The highest BCUT2D eigenvalue weighted by molar-refractivity contribution is 8.00. The van der Waals surface area contributed by atoms with Crippen molar-refractivity contribution in [3.05, 3.63) is 92.7 Å². The lowest BCUT2D eigenvalue weighted by atomic mass is 9.74. The summed E-state index contributed by atoms with van der Waals surface area (Å²) < 4.78 is 39.5. The zero-order valence-electron chi connectivity index (χ0n) is 20.5. The molecule has 0 N–H and O–H groups in total. The SMILES string of the molecule is O=C(c1ccnc(Cl)c1)N1CC2(CCN(CC=Cc3ccc(Cl)c(Cl)c3)CC2)c2cc(SC(F)(F)F)ccc21. The van der Waals surface area contributed by atoms with Gasteiger partial charge in [0.25, 0.3) is 5.91 Å². The molecule has 11 heteroatoms. The number of pyridine rings is 1. The quantitative estimate of drug-likeness (QED) is 0.214. The van der Waals surface area contributed by atoms with Gasteiger partial charge >= 0.3 is 5.51 Å². The molecule has 3 heterocycles. The second-order valence-corrected chi connectivity index (χ2v) is 12.0. The van der Waals surface area contributed by atoms with E-state index in [1.165, 1.54) is 18.3 Å². The predicted octanol–water partition coefficient (Wildman–Crippen LogP) is 8.36. The number of thioether (sulfide) groups is 1. The molecule has 0 atom stereocenters. The average Bonchev–Trinajstić information content (AvgIpc) is 3.19. The molecular weight excluding hydrogens is 590 g/mol. The van der Waals surface area contributed by atoms with Crippen molar-refractivity contribution >= 4 is 64.2 Å². The monoisotopic (exact) mass is 611 g/mol. The van der Waals surface area contributed by atoms with Gasteiger partial charge in [0.05, 0.1) is 10.0 Å². The molecule has 1 fully saturated rings. The fourth-order valence-corrected chi connectivity index (χ4v) is 6.32. The van der Waals surface area contributed by atoms with Gasteiger partial charge in [-0.05, 0) is 91.3 Å². The molecule has 1 amide bonds. The van der Waals surface area contributed by atoms with Crippen molar-refractivity contribution in [3.8, 4) is 0 Å². The van der Waals surface area contributed by atoms with Gasteiger partial charge in [-0.1, -0.05) is 53.0 Å². The molecule has 0 saturated carbocycles. The van der Waals surface area contributed by atoms with E-state index >= 15 is 0 Å². The lowest BCUT2D eigenvalue weighted by Gasteiger charge is -2.39. The van der Waals surface area contributed by atoms with E-state index in [4.69, 9.17) is 34.8 Å². The summed E-state index contributed by atoms with van der Waals surface area (Å²) in [6.45, 7) is 2.59. The van der Waals surface area contributed by atoms with Crippen molar-refractivity contribution in [2.24, 2.45) is 0 Å². The van der Waals surface area contributed by atoms with Crippen LogP contribution in [0.3, 0.4) is 0 Å². The molecule has 4 nitrogen and oxygen atoms in total. The second-order valence-electron chi connectivity index (χ2n) is 9.64. The number of alkyl halides is 3. The minimum absolute atomic E-state index is 0.119. The third kappa shape index (κ3) is 6.41. The van der Waals surface area contributed by atoms with Gasteiger partial charge in [-0.15, -0.1) is 0 Å². The summed E-state index contributed by atoms with van der Waals surface area (Å²) in [6.07, 6.45) is 6.93. The van der Waals surface area contributed by atoms with Crippen molar-refractivity contribution < 1.29 is 18.0 Å². The molecule has 2 aliphatic rings. The van der Waals surface area contributed by atoms with Crippen molar-refractivity contribution in [3.63, 3.8) is 0 Å². The Hall–Kier alpha value is -2.23. The number of nitrogens with zero attached hydrogens (tertiary/aromatic N) is 3. The van der Waals surface area contributed by atoms with Gasteiger partial charge in [-0.3, -0.25) is 9.69 Å². The van der Waals surface area contributed by atoms with Crippen LogP contribution in [0, 0.1) is 0 Å². The third-order valence-corrected chi connectivity index (χ3v) is 8.84. The first-order valence-corrected chi connectivity index (χ1v) is 14.2. The van der Waals surface area contributed by atoms with Gasteiger partial charge in [0, 0.05) is 40.8 Å². The van der Waals surface area contributed by atoms with E-state index in [1.54, 1.807) is 35.2 Å². The number of amides is 1. The average molecular weight is 613 g/mol. The molecule has 0 aliphatic carbocycles. The van der Waals surface area contributed by atoms with Gasteiger partial charge in [-0.2, -0.15) is 13.2 Å². The van der Waals surface area contributed by atoms with E-state index in [1.807, 2.05) is 12.1 Å². The molecule has 39 heavy (non-hydrogen) atoms. The van der Waals surface area contributed by atoms with Crippen LogP contribution in [0.2, 0.25) is 15.2 Å². The maximum atomic E-state index is 13.5. The minimum Gasteiger partial charge on any atom is -0.307 e. The van der Waals surface area contributed by atoms with Crippen LogP contribution in [0.1, 0.15) is 34.3 Å². The van der Waals surface area contributed by atoms with E-state index in [0.717, 1.165) is 24.2 Å². The van der Waals surface area contributed by atoms with E-state index in [-0.39, 0.29) is 27.7 Å². The van der Waals surface area contributed by atoms with E-state index in [0.29, 0.717) is 47.2 Å². The lowest BCUT2D eigenvalue weighted by Crippen LogP contribution is -2.46. The Morgan fingerprint density at radius 3 is 2.49 bits per heavy atom. The molecule has 3 aromatic rings. The Balaban J connectivity index is 1.36. The molecule has 0 unspecified atom stereocenters. The van der Waals surface area contributed by atoms with Gasteiger partial charge in [0.15, 0.2) is 0 Å². The number of benzene rings is 2. The number of hydrogen-bond donors (Lipinski definition) is 0. The van der Waals surface area contributed by atoms with Crippen molar-refractivity contribution in [1.82, 2.24) is 9.88 Å². The maximum Gasteiger partial charge on any atom is 0.446 e. The molecule has 2 aliphatic heterocycles. The maximum absolute atomic E-state index is 13.5. The number of carbonyl (C=O) groups excluding carboxylic acids is 1. The van der Waals surface area contributed by atoms with E-state index in [2.05, 4.69) is 16.0 Å². The number of piperidine rings is 1. The van der Waals surface area contributed by atoms with Crippen molar-refractivity contribution in [1.29, 1.82) is 0 Å². The minimum atomic E-state index is -4.40. The van der Waals surface area contributed by atoms with Crippen LogP contribution in [0.25, 0.3) is 6.08 Å². The fraction of sp³-hybridized carbons (Fsp3) is 0.286. The Morgan fingerprint density at radius 1 is 1.03 bits per heavy atom. The predicted molar refractivity (Wildman–Crippen MR) is 152 cm³/mol. The number of aromatic nitrogens is 1. The highest BCUT2D eigenvalue weighted by Gasteiger charge is 2.47. The first kappa shape index (κ1) is 28.3. The Labute approximate surface area is 243 Å². The molecule has 0 radical (unpaired) electrons. The summed E-state index contributed by atoms with van der Waals surface area (Å²) in [6, 6.07) is 13.2. The summed E-state index contributed by atoms with van der Waals surface area (Å²) in [5.41, 5.74) is -2.07. The van der Waals surface area contributed by atoms with Gasteiger partial charge in [0.1, 0.15) is 5.15 Å². The number of hydrogen-bond acceptors (Lipinski definition) is 4. The molecule has 5 rings (SSSR count). The van der Waals surface area contributed by atoms with Crippen LogP contribution in [0.4, 0.5) is 18.9 Å². The highest BCUT2D eigenvalue weighted by Crippen LogP contribution is 2.50. The molecule has 1 spiro atoms. The zero-order valence-corrected chi connectivity index (χ0v) is 23.6. The van der Waals surface area contributed by atoms with Gasteiger partial charge in [0.2, 0.25) is 0 Å². The molecule has 1 saturated heterocycles. The summed E-state index contributed by atoms with van der Waals surface area (Å²) in [5.74, 6) is -0.249. The third-order valence-electron chi connectivity index (χ3n) is 7.17. The number of halogens is 6. The second kappa shape index (κ2) is 11.3. The Bertz CT molecular complexity index is 1420.